The zero-order valence-corrected chi connectivity index (χ0v) is 15.4. The van der Waals surface area contributed by atoms with Crippen LogP contribution in [0.25, 0.3) is 0 Å². The standard InChI is InChI=1S/C21H26O5/c1-13-14-4-5-18-20(11-22,16(14)10-17-15(13)6-9-26-17)7-3-8-21(18,12-23)19(24)25-2/h6,9,11-14,16,18H,3-5,7-8,10H2,1-2H3/t13-,14+,16+,18-,20+,21+/m1/s1. The Balaban J connectivity index is 1.81. The van der Waals surface area contributed by atoms with E-state index >= 15 is 0 Å². The van der Waals surface area contributed by atoms with Gasteiger partial charge < -0.3 is 18.7 Å². The molecule has 0 bridgehead atoms. The summed E-state index contributed by atoms with van der Waals surface area (Å²) >= 11 is 0. The zero-order valence-electron chi connectivity index (χ0n) is 15.4. The maximum atomic E-state index is 12.6. The molecule has 3 aliphatic rings. The lowest BCUT2D eigenvalue weighted by molar-refractivity contribution is -0.178. The molecule has 4 rings (SSSR count). The molecule has 3 aliphatic carbocycles. The first kappa shape index (κ1) is 17.5. The third kappa shape index (κ3) is 2.06. The number of esters is 1. The second-order valence-corrected chi connectivity index (χ2v) is 8.43. The Hall–Kier alpha value is -1.91. The average Bonchev–Trinajstić information content (AvgIpc) is 3.15. The molecule has 2 fully saturated rings. The van der Waals surface area contributed by atoms with Gasteiger partial charge in [-0.3, -0.25) is 4.79 Å². The summed E-state index contributed by atoms with van der Waals surface area (Å²) < 4.78 is 10.7. The number of rotatable bonds is 3. The van der Waals surface area contributed by atoms with Crippen molar-refractivity contribution >= 4 is 18.5 Å². The van der Waals surface area contributed by atoms with Crippen LogP contribution in [0.3, 0.4) is 0 Å². The summed E-state index contributed by atoms with van der Waals surface area (Å²) in [4.78, 5) is 37.3. The van der Waals surface area contributed by atoms with E-state index in [0.717, 1.165) is 31.2 Å². The van der Waals surface area contributed by atoms with Gasteiger partial charge in [-0.15, -0.1) is 0 Å². The molecule has 0 saturated heterocycles. The van der Waals surface area contributed by atoms with Crippen molar-refractivity contribution in [2.75, 3.05) is 7.11 Å². The molecule has 1 aromatic rings. The van der Waals surface area contributed by atoms with E-state index < -0.39 is 16.8 Å². The molecular weight excluding hydrogens is 332 g/mol. The first-order valence-corrected chi connectivity index (χ1v) is 9.61. The van der Waals surface area contributed by atoms with Crippen molar-refractivity contribution in [3.05, 3.63) is 23.7 Å². The first-order chi connectivity index (χ1) is 12.5. The van der Waals surface area contributed by atoms with Gasteiger partial charge in [0.2, 0.25) is 0 Å². The van der Waals surface area contributed by atoms with Crippen LogP contribution in [0, 0.1) is 28.6 Å². The second kappa shape index (κ2) is 6.07. The molecule has 2 saturated carbocycles. The third-order valence-corrected chi connectivity index (χ3v) is 7.78. The van der Waals surface area contributed by atoms with Gasteiger partial charge in [-0.1, -0.05) is 13.3 Å². The number of furan rings is 1. The summed E-state index contributed by atoms with van der Waals surface area (Å²) in [5, 5.41) is 0. The van der Waals surface area contributed by atoms with Gasteiger partial charge in [0.25, 0.3) is 0 Å². The van der Waals surface area contributed by atoms with Crippen LogP contribution in [0.15, 0.2) is 16.7 Å². The fourth-order valence-electron chi connectivity index (χ4n) is 6.59. The summed E-state index contributed by atoms with van der Waals surface area (Å²) in [6, 6.07) is 2.04. The molecule has 5 nitrogen and oxygen atoms in total. The fraction of sp³-hybridized carbons (Fsp3) is 0.667. The van der Waals surface area contributed by atoms with Crippen LogP contribution in [-0.4, -0.2) is 25.7 Å². The van der Waals surface area contributed by atoms with E-state index in [-0.39, 0.29) is 11.8 Å². The molecule has 26 heavy (non-hydrogen) atoms. The lowest BCUT2D eigenvalue weighted by Gasteiger charge is -2.59. The number of methoxy groups -OCH3 is 1. The highest BCUT2D eigenvalue weighted by molar-refractivity contribution is 5.94. The minimum absolute atomic E-state index is 0.108. The molecule has 1 aromatic heterocycles. The molecule has 1 heterocycles. The minimum atomic E-state index is -1.19. The molecule has 0 aliphatic heterocycles. The summed E-state index contributed by atoms with van der Waals surface area (Å²) in [6.45, 7) is 2.21. The zero-order chi connectivity index (χ0) is 18.5. The van der Waals surface area contributed by atoms with Crippen molar-refractivity contribution < 1.29 is 23.5 Å². The van der Waals surface area contributed by atoms with Crippen LogP contribution in [0.1, 0.15) is 56.3 Å². The number of fused-ring (bicyclic) bond motifs is 4. The lowest BCUT2D eigenvalue weighted by Crippen LogP contribution is -2.60. The van der Waals surface area contributed by atoms with E-state index in [1.54, 1.807) is 6.26 Å². The highest BCUT2D eigenvalue weighted by Gasteiger charge is 2.64. The number of carbonyl (C=O) groups is 3. The topological polar surface area (TPSA) is 73.6 Å². The Bertz CT molecular complexity index is 737. The summed E-state index contributed by atoms with van der Waals surface area (Å²) in [5.41, 5.74) is -0.600. The predicted octanol–water partition coefficient (Wildman–Crippen LogP) is 3.31. The van der Waals surface area contributed by atoms with E-state index in [0.29, 0.717) is 37.5 Å². The highest BCUT2D eigenvalue weighted by Crippen LogP contribution is 2.64. The van der Waals surface area contributed by atoms with Gasteiger partial charge in [0.05, 0.1) is 13.4 Å². The quantitative estimate of drug-likeness (QED) is 0.471. The van der Waals surface area contributed by atoms with Gasteiger partial charge in [-0.05, 0) is 61.0 Å². The van der Waals surface area contributed by atoms with E-state index in [2.05, 4.69) is 6.92 Å². The van der Waals surface area contributed by atoms with Crippen LogP contribution < -0.4 is 0 Å². The van der Waals surface area contributed by atoms with Crippen molar-refractivity contribution in [1.29, 1.82) is 0 Å². The third-order valence-electron chi connectivity index (χ3n) is 7.78. The molecule has 0 aromatic carbocycles. The molecule has 0 unspecified atom stereocenters. The van der Waals surface area contributed by atoms with E-state index in [1.165, 1.54) is 12.7 Å². The molecule has 0 radical (unpaired) electrons. The Morgan fingerprint density at radius 2 is 2.08 bits per heavy atom. The molecule has 6 atom stereocenters. The maximum Gasteiger partial charge on any atom is 0.319 e. The monoisotopic (exact) mass is 358 g/mol. The van der Waals surface area contributed by atoms with Crippen molar-refractivity contribution in [2.45, 2.75) is 51.4 Å². The normalized spacial score (nSPS) is 41.3. The van der Waals surface area contributed by atoms with Crippen LogP contribution in [0.2, 0.25) is 0 Å². The van der Waals surface area contributed by atoms with Crippen molar-refractivity contribution in [3.8, 4) is 0 Å². The largest absolute Gasteiger partial charge is 0.469 e. The van der Waals surface area contributed by atoms with Gasteiger partial charge in [0, 0.05) is 11.8 Å². The fourth-order valence-corrected chi connectivity index (χ4v) is 6.59. The van der Waals surface area contributed by atoms with Gasteiger partial charge in [-0.2, -0.15) is 0 Å². The Labute approximate surface area is 153 Å². The minimum Gasteiger partial charge on any atom is -0.469 e. The molecular formula is C21H26O5. The number of aldehydes is 2. The van der Waals surface area contributed by atoms with Crippen molar-refractivity contribution in [2.24, 2.45) is 28.6 Å². The number of hydrogen-bond donors (Lipinski definition) is 0. The van der Waals surface area contributed by atoms with Gasteiger partial charge in [0.15, 0.2) is 0 Å². The Morgan fingerprint density at radius 3 is 2.77 bits per heavy atom. The van der Waals surface area contributed by atoms with Crippen LogP contribution in [-0.2, 0) is 25.5 Å². The smallest absolute Gasteiger partial charge is 0.319 e. The summed E-state index contributed by atoms with van der Waals surface area (Å²) in [7, 11) is 1.33. The van der Waals surface area contributed by atoms with Crippen molar-refractivity contribution in [1.82, 2.24) is 0 Å². The maximum absolute atomic E-state index is 12.6. The number of carbonyl (C=O) groups excluding carboxylic acids is 3. The van der Waals surface area contributed by atoms with Crippen molar-refractivity contribution in [3.63, 3.8) is 0 Å². The van der Waals surface area contributed by atoms with Crippen LogP contribution in [0.4, 0.5) is 0 Å². The van der Waals surface area contributed by atoms with Crippen LogP contribution >= 0.6 is 0 Å². The summed E-state index contributed by atoms with van der Waals surface area (Å²) in [6.07, 6.45) is 7.80. The van der Waals surface area contributed by atoms with Gasteiger partial charge >= 0.3 is 5.97 Å². The second-order valence-electron chi connectivity index (χ2n) is 8.43. The highest BCUT2D eigenvalue weighted by atomic mass is 16.5. The Kier molecular flexibility index (Phi) is 4.08. The Morgan fingerprint density at radius 1 is 1.27 bits per heavy atom. The van der Waals surface area contributed by atoms with E-state index in [1.807, 2.05) is 6.07 Å². The first-order valence-electron chi connectivity index (χ1n) is 9.61. The molecule has 5 heteroatoms. The lowest BCUT2D eigenvalue weighted by atomic mass is 9.43. The molecule has 140 valence electrons. The summed E-state index contributed by atoms with van der Waals surface area (Å²) in [5.74, 6) is 1.01. The van der Waals surface area contributed by atoms with Gasteiger partial charge in [-0.25, -0.2) is 0 Å². The molecule has 0 amide bonds. The predicted molar refractivity (Wildman–Crippen MR) is 93.4 cm³/mol. The number of ether oxygens (including phenoxy) is 1. The number of hydrogen-bond acceptors (Lipinski definition) is 5. The molecule has 0 N–H and O–H groups in total. The molecule has 0 spiro atoms. The SMILES string of the molecule is COC(=O)[C@]1(C=O)CCC[C@@]2(C=O)[C@H]1CC[C@H]1[C@@H](C)c3ccoc3C[C@@H]12. The average molecular weight is 358 g/mol. The van der Waals surface area contributed by atoms with E-state index in [9.17, 15) is 14.4 Å². The van der Waals surface area contributed by atoms with Gasteiger partial charge in [0.1, 0.15) is 23.7 Å². The van der Waals surface area contributed by atoms with Crippen LogP contribution in [0.5, 0.6) is 0 Å². The van der Waals surface area contributed by atoms with E-state index in [4.69, 9.17) is 9.15 Å².